The summed E-state index contributed by atoms with van der Waals surface area (Å²) in [5.41, 5.74) is 1.10. The number of aryl methyl sites for hydroxylation is 1. The van der Waals surface area contributed by atoms with Gasteiger partial charge in [-0.05, 0) is 43.3 Å². The van der Waals surface area contributed by atoms with Crippen molar-refractivity contribution in [1.82, 2.24) is 4.72 Å². The first-order valence-electron chi connectivity index (χ1n) is 7.63. The van der Waals surface area contributed by atoms with E-state index in [0.717, 1.165) is 5.56 Å². The van der Waals surface area contributed by atoms with Crippen LogP contribution in [-0.4, -0.2) is 9.32 Å². The summed E-state index contributed by atoms with van der Waals surface area (Å²) < 4.78 is 26.3. The van der Waals surface area contributed by atoms with E-state index in [1.165, 1.54) is 6.26 Å². The molecule has 0 amide bonds. The third kappa shape index (κ3) is 4.03. The van der Waals surface area contributed by atoms with E-state index in [1.807, 2.05) is 31.2 Å². The van der Waals surface area contributed by atoms with Gasteiger partial charge < -0.3 is 13.9 Å². The molecule has 24 heavy (non-hydrogen) atoms. The first-order chi connectivity index (χ1) is 11.6. The van der Waals surface area contributed by atoms with Crippen molar-refractivity contribution in [3.63, 3.8) is 0 Å². The second-order valence-electron chi connectivity index (χ2n) is 5.53. The van der Waals surface area contributed by atoms with Crippen molar-refractivity contribution in [3.8, 4) is 0 Å². The summed E-state index contributed by atoms with van der Waals surface area (Å²) in [6.45, 7) is 1.98. The summed E-state index contributed by atoms with van der Waals surface area (Å²) in [7, 11) is -1.42. The van der Waals surface area contributed by atoms with Gasteiger partial charge in [0.25, 0.3) is 0 Å². The van der Waals surface area contributed by atoms with Crippen molar-refractivity contribution in [2.75, 3.05) is 0 Å². The van der Waals surface area contributed by atoms with Gasteiger partial charge in [-0.1, -0.05) is 17.7 Å². The molecule has 0 spiro atoms. The molecule has 0 aliphatic carbocycles. The minimum atomic E-state index is -1.42. The maximum Gasteiger partial charge on any atom is 0.132 e. The van der Waals surface area contributed by atoms with Gasteiger partial charge in [-0.15, -0.1) is 0 Å². The molecule has 2 aromatic heterocycles. The van der Waals surface area contributed by atoms with E-state index in [9.17, 15) is 9.32 Å². The lowest BCUT2D eigenvalue weighted by Gasteiger charge is -2.18. The molecule has 2 N–H and O–H groups in total. The third-order valence-corrected chi connectivity index (χ3v) is 4.90. The van der Waals surface area contributed by atoms with Gasteiger partial charge in [0.2, 0.25) is 0 Å². The lowest BCUT2D eigenvalue weighted by molar-refractivity contribution is 0.126. The van der Waals surface area contributed by atoms with E-state index in [0.29, 0.717) is 16.4 Å². The SMILES string of the molecule is Cc1ccc([S@](=O)N[C@H](C[C@@H](O)c2ccco2)c2ccco2)cc1. The van der Waals surface area contributed by atoms with Crippen LogP contribution in [0.3, 0.4) is 0 Å². The van der Waals surface area contributed by atoms with E-state index >= 15 is 0 Å². The molecule has 0 saturated heterocycles. The summed E-state index contributed by atoms with van der Waals surface area (Å²) in [5, 5.41) is 10.3. The first kappa shape index (κ1) is 16.7. The zero-order chi connectivity index (χ0) is 16.9. The van der Waals surface area contributed by atoms with Gasteiger partial charge in [-0.2, -0.15) is 0 Å². The van der Waals surface area contributed by atoms with Gasteiger partial charge in [-0.3, -0.25) is 0 Å². The predicted octanol–water partition coefficient (Wildman–Crippen LogP) is 3.66. The van der Waals surface area contributed by atoms with Crippen LogP contribution in [0, 0.1) is 6.92 Å². The Balaban J connectivity index is 1.75. The fourth-order valence-corrected chi connectivity index (χ4v) is 3.38. The lowest BCUT2D eigenvalue weighted by atomic mass is 10.1. The maximum atomic E-state index is 12.6. The molecule has 6 heteroatoms. The van der Waals surface area contributed by atoms with E-state index in [4.69, 9.17) is 8.83 Å². The van der Waals surface area contributed by atoms with Crippen LogP contribution in [0.15, 0.2) is 74.8 Å². The topological polar surface area (TPSA) is 75.6 Å². The van der Waals surface area contributed by atoms with E-state index < -0.39 is 23.1 Å². The van der Waals surface area contributed by atoms with Crippen LogP contribution >= 0.6 is 0 Å². The van der Waals surface area contributed by atoms with Gasteiger partial charge in [-0.25, -0.2) is 8.93 Å². The molecule has 0 radical (unpaired) electrons. The van der Waals surface area contributed by atoms with Crippen molar-refractivity contribution < 1.29 is 18.1 Å². The number of nitrogens with one attached hydrogen (secondary N) is 1. The molecule has 0 unspecified atom stereocenters. The Morgan fingerprint density at radius 3 is 2.25 bits per heavy atom. The van der Waals surface area contributed by atoms with Crippen LogP contribution in [-0.2, 0) is 11.0 Å². The highest BCUT2D eigenvalue weighted by atomic mass is 32.2. The molecular formula is C18H19NO4S. The minimum absolute atomic E-state index is 0.276. The van der Waals surface area contributed by atoms with Crippen molar-refractivity contribution in [2.45, 2.75) is 30.4 Å². The highest BCUT2D eigenvalue weighted by Crippen LogP contribution is 2.28. The van der Waals surface area contributed by atoms with Crippen LogP contribution in [0.1, 0.15) is 35.7 Å². The molecule has 0 aliphatic heterocycles. The zero-order valence-electron chi connectivity index (χ0n) is 13.2. The van der Waals surface area contributed by atoms with E-state index in [-0.39, 0.29) is 6.42 Å². The van der Waals surface area contributed by atoms with Crippen LogP contribution in [0.25, 0.3) is 0 Å². The highest BCUT2D eigenvalue weighted by Gasteiger charge is 2.23. The molecular weight excluding hydrogens is 326 g/mol. The van der Waals surface area contributed by atoms with Crippen molar-refractivity contribution >= 4 is 11.0 Å². The molecule has 3 aromatic rings. The second kappa shape index (κ2) is 7.61. The van der Waals surface area contributed by atoms with Crippen LogP contribution in [0.2, 0.25) is 0 Å². The predicted molar refractivity (Wildman–Crippen MR) is 90.5 cm³/mol. The average Bonchev–Trinajstić information content (AvgIpc) is 3.28. The fraction of sp³-hybridized carbons (Fsp3) is 0.222. The molecule has 0 saturated carbocycles. The summed E-state index contributed by atoms with van der Waals surface area (Å²) in [5.74, 6) is 1.08. The average molecular weight is 345 g/mol. The molecule has 126 valence electrons. The van der Waals surface area contributed by atoms with Crippen molar-refractivity contribution in [2.24, 2.45) is 0 Å². The summed E-state index contributed by atoms with van der Waals surface area (Å²) in [6, 6.07) is 14.0. The maximum absolute atomic E-state index is 12.6. The van der Waals surface area contributed by atoms with Gasteiger partial charge >= 0.3 is 0 Å². The Bertz CT molecular complexity index is 766. The second-order valence-corrected chi connectivity index (χ2v) is 6.78. The lowest BCUT2D eigenvalue weighted by Crippen LogP contribution is -2.25. The molecule has 2 heterocycles. The highest BCUT2D eigenvalue weighted by molar-refractivity contribution is 7.83. The van der Waals surface area contributed by atoms with E-state index in [2.05, 4.69) is 4.72 Å². The number of benzene rings is 1. The van der Waals surface area contributed by atoms with Gasteiger partial charge in [0.05, 0.1) is 23.5 Å². The largest absolute Gasteiger partial charge is 0.468 e. The van der Waals surface area contributed by atoms with Crippen molar-refractivity contribution in [1.29, 1.82) is 0 Å². The number of furan rings is 2. The number of aliphatic hydroxyl groups is 1. The molecule has 1 aromatic carbocycles. The smallest absolute Gasteiger partial charge is 0.132 e. The molecule has 0 fully saturated rings. The van der Waals surface area contributed by atoms with Gasteiger partial charge in [0.1, 0.15) is 28.6 Å². The third-order valence-electron chi connectivity index (χ3n) is 3.70. The van der Waals surface area contributed by atoms with E-state index in [1.54, 1.807) is 30.5 Å². The number of hydrogen-bond donors (Lipinski definition) is 2. The van der Waals surface area contributed by atoms with Gasteiger partial charge in [0, 0.05) is 6.42 Å². The molecule has 0 bridgehead atoms. The summed E-state index contributed by atoms with van der Waals surface area (Å²) >= 11 is 0. The van der Waals surface area contributed by atoms with Crippen LogP contribution < -0.4 is 4.72 Å². The number of rotatable bonds is 7. The normalized spacial score (nSPS) is 15.1. The Morgan fingerprint density at radius 2 is 1.67 bits per heavy atom. The van der Waals surface area contributed by atoms with Gasteiger partial charge in [0.15, 0.2) is 0 Å². The molecule has 0 aliphatic rings. The Labute approximate surface area is 142 Å². The standard InChI is InChI=1S/C18H19NO4S/c1-13-6-8-14(9-7-13)24(21)19-15(17-4-2-10-22-17)12-16(20)18-5-3-11-23-18/h2-11,15-16,19-20H,12H2,1H3/t15-,16-,24+/m1/s1. The monoisotopic (exact) mass is 345 g/mol. The fourth-order valence-electron chi connectivity index (χ4n) is 2.39. The molecule has 3 atom stereocenters. The quantitative estimate of drug-likeness (QED) is 0.685. The molecule has 3 rings (SSSR count). The van der Waals surface area contributed by atoms with Crippen molar-refractivity contribution in [3.05, 3.63) is 78.1 Å². The minimum Gasteiger partial charge on any atom is -0.468 e. The summed E-state index contributed by atoms with van der Waals surface area (Å²) in [4.78, 5) is 0.671. The zero-order valence-corrected chi connectivity index (χ0v) is 14.0. The Hall–Kier alpha value is -2.15. The molecule has 5 nitrogen and oxygen atoms in total. The number of aliphatic hydroxyl groups excluding tert-OH is 1. The van der Waals surface area contributed by atoms with Crippen LogP contribution in [0.5, 0.6) is 0 Å². The number of hydrogen-bond acceptors (Lipinski definition) is 4. The van der Waals surface area contributed by atoms with Crippen LogP contribution in [0.4, 0.5) is 0 Å². The Kier molecular flexibility index (Phi) is 5.30. The summed E-state index contributed by atoms with van der Waals surface area (Å²) in [6.07, 6.45) is 2.52. The first-order valence-corrected chi connectivity index (χ1v) is 8.78. The Morgan fingerprint density at radius 1 is 1.04 bits per heavy atom.